The smallest absolute Gasteiger partial charge is 0.192 e. The van der Waals surface area contributed by atoms with Crippen molar-refractivity contribution < 1.29 is 14.0 Å². The Labute approximate surface area is 147 Å². The van der Waals surface area contributed by atoms with Gasteiger partial charge >= 0.3 is 0 Å². The molecule has 3 atom stereocenters. The third-order valence-electron chi connectivity index (χ3n) is 6.82. The Balaban J connectivity index is 1.90. The van der Waals surface area contributed by atoms with Gasteiger partial charge in [0, 0.05) is 24.4 Å². The number of carbonyl (C=O) groups excluding carboxylic acids is 1. The largest absolute Gasteiger partial charge is 0.416 e. The molecule has 0 radical (unpaired) electrons. The van der Waals surface area contributed by atoms with Crippen LogP contribution in [0.4, 0.5) is 0 Å². The van der Waals surface area contributed by atoms with Crippen LogP contribution in [0.2, 0.25) is 18.1 Å². The Morgan fingerprint density at radius 1 is 1.38 bits per heavy atom. The highest BCUT2D eigenvalue weighted by Crippen LogP contribution is 2.53. The van der Waals surface area contributed by atoms with Crippen LogP contribution in [-0.4, -0.2) is 33.4 Å². The van der Waals surface area contributed by atoms with Crippen LogP contribution in [0.3, 0.4) is 0 Å². The van der Waals surface area contributed by atoms with Crippen molar-refractivity contribution in [3.8, 4) is 0 Å². The molecule has 0 unspecified atom stereocenters. The van der Waals surface area contributed by atoms with E-state index in [1.165, 1.54) is 11.1 Å². The summed E-state index contributed by atoms with van der Waals surface area (Å²) in [7, 11) is -1.83. The maximum absolute atomic E-state index is 12.1. The van der Waals surface area contributed by atoms with Crippen LogP contribution in [0.25, 0.3) is 0 Å². The monoisotopic (exact) mass is 348 g/mol. The Morgan fingerprint density at radius 2 is 2.08 bits per heavy atom. The van der Waals surface area contributed by atoms with Crippen molar-refractivity contribution in [2.24, 2.45) is 11.3 Å². The maximum Gasteiger partial charge on any atom is 0.192 e. The predicted molar refractivity (Wildman–Crippen MR) is 99.5 cm³/mol. The highest BCUT2D eigenvalue weighted by atomic mass is 28.4. The zero-order chi connectivity index (χ0) is 17.8. The summed E-state index contributed by atoms with van der Waals surface area (Å²) in [5.74, 6) is 0.565. The van der Waals surface area contributed by atoms with Gasteiger partial charge < -0.3 is 9.16 Å². The van der Waals surface area contributed by atoms with Crippen molar-refractivity contribution in [3.05, 3.63) is 23.3 Å². The minimum absolute atomic E-state index is 0.0642. The highest BCUT2D eigenvalue weighted by Gasteiger charge is 2.54. The molecule has 3 rings (SSSR count). The molecule has 0 aromatic heterocycles. The molecule has 1 saturated heterocycles. The summed E-state index contributed by atoms with van der Waals surface area (Å²) in [4.78, 5) is 12.1. The Kier molecular flexibility index (Phi) is 4.47. The third-order valence-corrected chi connectivity index (χ3v) is 11.3. The van der Waals surface area contributed by atoms with E-state index in [1.807, 2.05) is 6.08 Å². The van der Waals surface area contributed by atoms with Crippen LogP contribution < -0.4 is 0 Å². The van der Waals surface area contributed by atoms with E-state index in [4.69, 9.17) is 9.16 Å². The molecule has 0 saturated carbocycles. The van der Waals surface area contributed by atoms with Gasteiger partial charge in [0.15, 0.2) is 14.1 Å². The number of ketones is 1. The maximum atomic E-state index is 12.1. The molecule has 24 heavy (non-hydrogen) atoms. The first-order valence-electron chi connectivity index (χ1n) is 9.21. The van der Waals surface area contributed by atoms with Crippen LogP contribution in [0, 0.1) is 11.3 Å². The Bertz CT molecular complexity index is 596. The molecular formula is C20H32O3Si. The lowest BCUT2D eigenvalue weighted by atomic mass is 9.62. The molecule has 1 heterocycles. The van der Waals surface area contributed by atoms with E-state index in [0.29, 0.717) is 25.6 Å². The van der Waals surface area contributed by atoms with E-state index < -0.39 is 8.32 Å². The lowest BCUT2D eigenvalue weighted by Crippen LogP contribution is -2.54. The average molecular weight is 349 g/mol. The molecule has 0 bridgehead atoms. The molecule has 0 spiro atoms. The van der Waals surface area contributed by atoms with Crippen molar-refractivity contribution >= 4 is 14.1 Å². The van der Waals surface area contributed by atoms with Gasteiger partial charge in [0.2, 0.25) is 0 Å². The fraction of sp³-hybridized carbons (Fsp3) is 0.750. The molecule has 134 valence electrons. The van der Waals surface area contributed by atoms with Gasteiger partial charge in [0.05, 0.1) is 12.7 Å². The van der Waals surface area contributed by atoms with Crippen molar-refractivity contribution in [1.29, 1.82) is 0 Å². The molecule has 0 aromatic carbocycles. The first-order valence-corrected chi connectivity index (χ1v) is 12.1. The van der Waals surface area contributed by atoms with Gasteiger partial charge in [0.1, 0.15) is 0 Å². The quantitative estimate of drug-likeness (QED) is 0.550. The number of fused-ring (bicyclic) bond motifs is 3. The molecule has 0 amide bonds. The number of carbonyl (C=O) groups is 1. The summed E-state index contributed by atoms with van der Waals surface area (Å²) in [6.07, 6.45) is 6.99. The van der Waals surface area contributed by atoms with Crippen molar-refractivity contribution in [3.63, 3.8) is 0 Å². The van der Waals surface area contributed by atoms with E-state index >= 15 is 0 Å². The minimum atomic E-state index is -1.83. The van der Waals surface area contributed by atoms with Crippen LogP contribution in [0.5, 0.6) is 0 Å². The van der Waals surface area contributed by atoms with E-state index in [0.717, 1.165) is 12.8 Å². The Hall–Kier alpha value is -0.713. The van der Waals surface area contributed by atoms with Crippen LogP contribution in [0.15, 0.2) is 23.3 Å². The van der Waals surface area contributed by atoms with Crippen molar-refractivity contribution in [2.45, 2.75) is 71.2 Å². The van der Waals surface area contributed by atoms with Gasteiger partial charge in [-0.15, -0.1) is 0 Å². The van der Waals surface area contributed by atoms with Gasteiger partial charge in [-0.2, -0.15) is 0 Å². The van der Waals surface area contributed by atoms with Gasteiger partial charge in [0.25, 0.3) is 0 Å². The second kappa shape index (κ2) is 5.92. The van der Waals surface area contributed by atoms with Crippen molar-refractivity contribution in [1.82, 2.24) is 0 Å². The summed E-state index contributed by atoms with van der Waals surface area (Å²) < 4.78 is 12.9. The number of hydrogen-bond acceptors (Lipinski definition) is 3. The molecule has 0 aromatic rings. The summed E-state index contributed by atoms with van der Waals surface area (Å²) in [5, 5.41) is 0.194. The Morgan fingerprint density at radius 3 is 2.75 bits per heavy atom. The molecule has 1 fully saturated rings. The van der Waals surface area contributed by atoms with E-state index in [1.54, 1.807) is 0 Å². The van der Waals surface area contributed by atoms with Crippen LogP contribution in [0.1, 0.15) is 47.0 Å². The number of allylic oxidation sites excluding steroid dienone is 2. The second-order valence-electron chi connectivity index (χ2n) is 9.47. The molecule has 4 heteroatoms. The fourth-order valence-electron chi connectivity index (χ4n) is 4.05. The predicted octanol–water partition coefficient (Wildman–Crippen LogP) is 4.65. The highest BCUT2D eigenvalue weighted by molar-refractivity contribution is 6.74. The summed E-state index contributed by atoms with van der Waals surface area (Å²) in [6.45, 7) is 15.0. The van der Waals surface area contributed by atoms with Gasteiger partial charge in [-0.1, -0.05) is 32.4 Å². The van der Waals surface area contributed by atoms with E-state index in [2.05, 4.69) is 46.9 Å². The van der Waals surface area contributed by atoms with Crippen LogP contribution in [-0.2, 0) is 14.0 Å². The SMILES string of the molecule is CC1=C[C@@H]2OCC3=CC(=O)C[C@@H]3[C@@]2(CO[Si](C)(C)C(C)(C)C)CC1. The van der Waals surface area contributed by atoms with Gasteiger partial charge in [-0.3, -0.25) is 4.79 Å². The first kappa shape index (κ1) is 18.1. The lowest BCUT2D eigenvalue weighted by Gasteiger charge is -2.52. The van der Waals surface area contributed by atoms with Crippen LogP contribution >= 0.6 is 0 Å². The van der Waals surface area contributed by atoms with E-state index in [-0.39, 0.29) is 22.3 Å². The number of rotatable bonds is 3. The molecule has 3 nitrogen and oxygen atoms in total. The molecule has 2 aliphatic carbocycles. The molecular weight excluding hydrogens is 316 g/mol. The van der Waals surface area contributed by atoms with E-state index in [9.17, 15) is 4.79 Å². The average Bonchev–Trinajstić information content (AvgIpc) is 2.85. The second-order valence-corrected chi connectivity index (χ2v) is 14.3. The number of ether oxygens (including phenoxy) is 1. The summed E-state index contributed by atoms with van der Waals surface area (Å²) in [5.41, 5.74) is 2.54. The molecule has 0 N–H and O–H groups in total. The van der Waals surface area contributed by atoms with Crippen molar-refractivity contribution in [2.75, 3.05) is 13.2 Å². The zero-order valence-electron chi connectivity index (χ0n) is 16.1. The zero-order valence-corrected chi connectivity index (χ0v) is 17.1. The molecule has 3 aliphatic rings. The third kappa shape index (κ3) is 2.97. The minimum Gasteiger partial charge on any atom is -0.416 e. The normalized spacial score (nSPS) is 33.7. The standard InChI is InChI=1S/C20H32O3Si/c1-14-7-8-20(13-23-24(5,6)19(2,3)4)17-11-16(21)10-15(17)12-22-18(20)9-14/h9-10,17-18H,7-8,11-13H2,1-6H3/t17-,18-,20-/m0/s1. The fourth-order valence-corrected chi connectivity index (χ4v) is 5.11. The van der Waals surface area contributed by atoms with Gasteiger partial charge in [-0.25, -0.2) is 0 Å². The first-order chi connectivity index (χ1) is 11.1. The topological polar surface area (TPSA) is 35.5 Å². The lowest BCUT2D eigenvalue weighted by molar-refractivity contribution is -0.119. The van der Waals surface area contributed by atoms with Gasteiger partial charge in [-0.05, 0) is 49.5 Å². The number of hydrogen-bond donors (Lipinski definition) is 0. The molecule has 1 aliphatic heterocycles. The summed E-state index contributed by atoms with van der Waals surface area (Å²) >= 11 is 0. The summed E-state index contributed by atoms with van der Waals surface area (Å²) in [6, 6.07) is 0.